The van der Waals surface area contributed by atoms with E-state index in [1.807, 2.05) is 13.8 Å². The number of ether oxygens (including phenoxy) is 2. The number of anilines is 1. The number of nitrogen functional groups attached to an aromatic ring is 1. The Hall–Kier alpha value is -1.29. The monoisotopic (exact) mass is 227 g/mol. The smallest absolute Gasteiger partial charge is 0.149 e. The van der Waals surface area contributed by atoms with Crippen molar-refractivity contribution >= 4 is 5.69 Å². The molecule has 0 atom stereocenters. The minimum absolute atomic E-state index is 0.129. The Labute approximate surface area is 95.4 Å². The van der Waals surface area contributed by atoms with E-state index in [0.717, 1.165) is 6.42 Å². The molecule has 0 aliphatic heterocycles. The standard InChI is InChI=1S/C12H18FNO2/c1-12(2,15-3)6-7-16-9-4-5-11(14)10(13)8-9/h4-5,8H,6-7,14H2,1-3H3. The van der Waals surface area contributed by atoms with Crippen molar-refractivity contribution in [3.8, 4) is 5.75 Å². The Morgan fingerprint density at radius 1 is 1.38 bits per heavy atom. The third kappa shape index (κ3) is 3.70. The zero-order valence-electron chi connectivity index (χ0n) is 9.92. The lowest BCUT2D eigenvalue weighted by molar-refractivity contribution is 0.00544. The normalized spacial score (nSPS) is 11.5. The van der Waals surface area contributed by atoms with Gasteiger partial charge in [0.15, 0.2) is 0 Å². The van der Waals surface area contributed by atoms with Gasteiger partial charge in [-0.2, -0.15) is 0 Å². The summed E-state index contributed by atoms with van der Waals surface area (Å²) in [5.41, 5.74) is 5.26. The number of methoxy groups -OCH3 is 1. The number of benzene rings is 1. The molecule has 4 heteroatoms. The molecule has 16 heavy (non-hydrogen) atoms. The lowest BCUT2D eigenvalue weighted by Crippen LogP contribution is -2.25. The summed E-state index contributed by atoms with van der Waals surface area (Å²) in [6.45, 7) is 4.42. The highest BCUT2D eigenvalue weighted by atomic mass is 19.1. The van der Waals surface area contributed by atoms with E-state index in [0.29, 0.717) is 12.4 Å². The van der Waals surface area contributed by atoms with Gasteiger partial charge in [-0.05, 0) is 26.0 Å². The van der Waals surface area contributed by atoms with Gasteiger partial charge in [0.25, 0.3) is 0 Å². The van der Waals surface area contributed by atoms with Crippen LogP contribution in [0.25, 0.3) is 0 Å². The molecule has 0 bridgehead atoms. The van der Waals surface area contributed by atoms with E-state index in [4.69, 9.17) is 15.2 Å². The van der Waals surface area contributed by atoms with Crippen LogP contribution in [0.3, 0.4) is 0 Å². The number of hydrogen-bond acceptors (Lipinski definition) is 3. The van der Waals surface area contributed by atoms with Gasteiger partial charge >= 0.3 is 0 Å². The molecule has 0 radical (unpaired) electrons. The van der Waals surface area contributed by atoms with Crippen molar-refractivity contribution in [1.29, 1.82) is 0 Å². The van der Waals surface area contributed by atoms with E-state index in [2.05, 4.69) is 0 Å². The molecule has 0 unspecified atom stereocenters. The molecule has 0 saturated carbocycles. The van der Waals surface area contributed by atoms with Gasteiger partial charge in [-0.25, -0.2) is 4.39 Å². The minimum atomic E-state index is -0.455. The fraction of sp³-hybridized carbons (Fsp3) is 0.500. The van der Waals surface area contributed by atoms with E-state index in [9.17, 15) is 4.39 Å². The van der Waals surface area contributed by atoms with E-state index in [1.54, 1.807) is 13.2 Å². The number of nitrogens with two attached hydrogens (primary N) is 1. The van der Waals surface area contributed by atoms with E-state index in [-0.39, 0.29) is 11.3 Å². The van der Waals surface area contributed by atoms with Crippen LogP contribution >= 0.6 is 0 Å². The summed E-state index contributed by atoms with van der Waals surface area (Å²) in [6, 6.07) is 4.43. The van der Waals surface area contributed by atoms with Crippen LogP contribution in [0.2, 0.25) is 0 Å². The summed E-state index contributed by atoms with van der Waals surface area (Å²) < 4.78 is 23.7. The van der Waals surface area contributed by atoms with Gasteiger partial charge in [0.05, 0.1) is 17.9 Å². The van der Waals surface area contributed by atoms with Crippen molar-refractivity contribution in [3.63, 3.8) is 0 Å². The highest BCUT2D eigenvalue weighted by Crippen LogP contribution is 2.19. The molecule has 90 valence electrons. The predicted molar refractivity (Wildman–Crippen MR) is 62.0 cm³/mol. The Morgan fingerprint density at radius 2 is 2.06 bits per heavy atom. The van der Waals surface area contributed by atoms with Crippen LogP contribution in [0.1, 0.15) is 20.3 Å². The molecule has 1 rings (SSSR count). The molecule has 0 spiro atoms. The maximum atomic E-state index is 13.1. The van der Waals surface area contributed by atoms with E-state index >= 15 is 0 Å². The molecular weight excluding hydrogens is 209 g/mol. The van der Waals surface area contributed by atoms with Crippen molar-refractivity contribution < 1.29 is 13.9 Å². The van der Waals surface area contributed by atoms with E-state index in [1.165, 1.54) is 12.1 Å². The van der Waals surface area contributed by atoms with Gasteiger partial charge in [-0.3, -0.25) is 0 Å². The molecule has 0 heterocycles. The summed E-state index contributed by atoms with van der Waals surface area (Å²) in [7, 11) is 1.66. The van der Waals surface area contributed by atoms with Crippen molar-refractivity contribution in [3.05, 3.63) is 24.0 Å². The first-order valence-corrected chi connectivity index (χ1v) is 5.17. The average molecular weight is 227 g/mol. The van der Waals surface area contributed by atoms with Crippen molar-refractivity contribution in [2.24, 2.45) is 0 Å². The van der Waals surface area contributed by atoms with Crippen LogP contribution in [-0.2, 0) is 4.74 Å². The summed E-state index contributed by atoms with van der Waals surface area (Å²) in [5, 5.41) is 0. The summed E-state index contributed by atoms with van der Waals surface area (Å²) in [6.07, 6.45) is 0.732. The second kappa shape index (κ2) is 5.16. The van der Waals surface area contributed by atoms with Gasteiger partial charge in [0.2, 0.25) is 0 Å². The Balaban J connectivity index is 2.46. The van der Waals surface area contributed by atoms with Crippen LogP contribution in [-0.4, -0.2) is 19.3 Å². The molecule has 3 nitrogen and oxygen atoms in total. The first kappa shape index (κ1) is 12.8. The second-order valence-corrected chi connectivity index (χ2v) is 4.25. The molecule has 0 aromatic heterocycles. The molecule has 0 aliphatic carbocycles. The molecule has 1 aromatic carbocycles. The SMILES string of the molecule is COC(C)(C)CCOc1ccc(N)c(F)c1. The van der Waals surface area contributed by atoms with Crippen LogP contribution in [0, 0.1) is 5.82 Å². The Bertz CT molecular complexity index is 353. The quantitative estimate of drug-likeness (QED) is 0.786. The molecule has 0 aliphatic rings. The van der Waals surface area contributed by atoms with Gasteiger partial charge in [-0.15, -0.1) is 0 Å². The summed E-state index contributed by atoms with van der Waals surface area (Å²) >= 11 is 0. The maximum absolute atomic E-state index is 13.1. The molecule has 0 amide bonds. The highest BCUT2D eigenvalue weighted by molar-refractivity contribution is 5.43. The molecule has 2 N–H and O–H groups in total. The number of rotatable bonds is 5. The second-order valence-electron chi connectivity index (χ2n) is 4.25. The molecule has 1 aromatic rings. The average Bonchev–Trinajstić information content (AvgIpc) is 2.23. The van der Waals surface area contributed by atoms with Gasteiger partial charge in [0.1, 0.15) is 11.6 Å². The lowest BCUT2D eigenvalue weighted by atomic mass is 10.1. The number of hydrogen-bond donors (Lipinski definition) is 1. The number of halogens is 1. The van der Waals surface area contributed by atoms with Crippen molar-refractivity contribution in [2.45, 2.75) is 25.9 Å². The third-order valence-electron chi connectivity index (χ3n) is 2.50. The lowest BCUT2D eigenvalue weighted by Gasteiger charge is -2.22. The van der Waals surface area contributed by atoms with Crippen LogP contribution in [0.15, 0.2) is 18.2 Å². The largest absolute Gasteiger partial charge is 0.493 e. The van der Waals surface area contributed by atoms with Gasteiger partial charge in [-0.1, -0.05) is 0 Å². The van der Waals surface area contributed by atoms with Gasteiger partial charge in [0, 0.05) is 19.6 Å². The Kier molecular flexibility index (Phi) is 4.12. The van der Waals surface area contributed by atoms with E-state index < -0.39 is 5.82 Å². The molecule has 0 saturated heterocycles. The van der Waals surface area contributed by atoms with Crippen LogP contribution in [0.4, 0.5) is 10.1 Å². The minimum Gasteiger partial charge on any atom is -0.493 e. The highest BCUT2D eigenvalue weighted by Gasteiger charge is 2.16. The third-order valence-corrected chi connectivity index (χ3v) is 2.50. The van der Waals surface area contributed by atoms with Crippen LogP contribution < -0.4 is 10.5 Å². The zero-order valence-corrected chi connectivity index (χ0v) is 9.92. The summed E-state index contributed by atoms with van der Waals surface area (Å²) in [4.78, 5) is 0. The first-order valence-electron chi connectivity index (χ1n) is 5.17. The molecular formula is C12H18FNO2. The zero-order chi connectivity index (χ0) is 12.2. The topological polar surface area (TPSA) is 44.5 Å². The van der Waals surface area contributed by atoms with Crippen LogP contribution in [0.5, 0.6) is 5.75 Å². The van der Waals surface area contributed by atoms with Crippen molar-refractivity contribution in [1.82, 2.24) is 0 Å². The van der Waals surface area contributed by atoms with Gasteiger partial charge < -0.3 is 15.2 Å². The summed E-state index contributed by atoms with van der Waals surface area (Å²) in [5.74, 6) is 0.0297. The fourth-order valence-corrected chi connectivity index (χ4v) is 1.11. The predicted octanol–water partition coefficient (Wildman–Crippen LogP) is 2.60. The Morgan fingerprint density at radius 3 is 2.62 bits per heavy atom. The maximum Gasteiger partial charge on any atom is 0.149 e. The molecule has 0 fully saturated rings. The van der Waals surface area contributed by atoms with Crippen molar-refractivity contribution in [2.75, 3.05) is 19.5 Å². The first-order chi connectivity index (χ1) is 7.44. The fourth-order valence-electron chi connectivity index (χ4n) is 1.11.